The van der Waals surface area contributed by atoms with Gasteiger partial charge in [0.2, 0.25) is 5.91 Å². The van der Waals surface area contributed by atoms with Gasteiger partial charge in [-0.05, 0) is 74.7 Å². The predicted molar refractivity (Wildman–Crippen MR) is 171 cm³/mol. The summed E-state index contributed by atoms with van der Waals surface area (Å²) in [5.74, 6) is -2.68. The smallest absolute Gasteiger partial charge is 0.375 e. The summed E-state index contributed by atoms with van der Waals surface area (Å²) >= 11 is 7.56. The number of ketones is 1. The number of hydrogen-bond acceptors (Lipinski definition) is 7. The number of rotatable bonds is 7. The topological polar surface area (TPSA) is 115 Å². The van der Waals surface area contributed by atoms with Crippen molar-refractivity contribution in [2.75, 3.05) is 11.4 Å². The minimum atomic E-state index is -1.58. The van der Waals surface area contributed by atoms with Crippen molar-refractivity contribution in [1.82, 2.24) is 14.8 Å². The first kappa shape index (κ1) is 29.9. The maximum absolute atomic E-state index is 13.4. The van der Waals surface area contributed by atoms with Crippen LogP contribution in [0.2, 0.25) is 5.02 Å². The van der Waals surface area contributed by atoms with Gasteiger partial charge in [0.15, 0.2) is 11.2 Å². The average molecular weight is 631 g/mol. The number of carbonyl (C=O) groups excluding carboxylic acids is 2. The number of amides is 1. The first-order valence-electron chi connectivity index (χ1n) is 14.2. The van der Waals surface area contributed by atoms with Gasteiger partial charge in [-0.2, -0.15) is 5.10 Å². The summed E-state index contributed by atoms with van der Waals surface area (Å²) in [6.45, 7) is 7.61. The van der Waals surface area contributed by atoms with Crippen molar-refractivity contribution in [3.05, 3.63) is 76.4 Å². The van der Waals surface area contributed by atoms with E-state index in [0.29, 0.717) is 45.3 Å². The van der Waals surface area contributed by atoms with Gasteiger partial charge in [0, 0.05) is 47.5 Å². The molecular formula is C33H31ClN4O5S. The molecule has 5 aromatic rings. The summed E-state index contributed by atoms with van der Waals surface area (Å²) in [5, 5.41) is 16.2. The van der Waals surface area contributed by atoms with Crippen LogP contribution in [0.3, 0.4) is 0 Å². The molecule has 0 bridgehead atoms. The molecule has 226 valence electrons. The summed E-state index contributed by atoms with van der Waals surface area (Å²) in [6.07, 6.45) is 0.809. The molecule has 6 rings (SSSR count). The number of carboxylic acid groups (broad SMARTS) is 1. The zero-order valence-electron chi connectivity index (χ0n) is 24.9. The summed E-state index contributed by atoms with van der Waals surface area (Å²) < 4.78 is 8.68. The van der Waals surface area contributed by atoms with E-state index < -0.39 is 23.5 Å². The molecule has 0 radical (unpaired) electrons. The Hall–Kier alpha value is -4.12. The minimum absolute atomic E-state index is 0.00935. The molecule has 1 amide bonds. The fourth-order valence-electron chi connectivity index (χ4n) is 5.82. The van der Waals surface area contributed by atoms with Crippen LogP contribution in [0, 0.1) is 6.92 Å². The number of Topliss-reactive ketones (excluding diaryl/α,β-unsaturated/α-hetero) is 1. The number of aromatic nitrogens is 3. The molecule has 1 fully saturated rings. The summed E-state index contributed by atoms with van der Waals surface area (Å²) in [6, 6.07) is 15.1. The Morgan fingerprint density at radius 1 is 1.14 bits per heavy atom. The lowest BCUT2D eigenvalue weighted by Gasteiger charge is -2.28. The van der Waals surface area contributed by atoms with Crippen LogP contribution in [0.5, 0.6) is 0 Å². The number of aryl methyl sites for hydroxylation is 2. The highest BCUT2D eigenvalue weighted by atomic mass is 35.5. The maximum atomic E-state index is 13.4. The number of aliphatic carboxylic acids is 1. The number of benzene rings is 3. The van der Waals surface area contributed by atoms with Gasteiger partial charge in [-0.15, -0.1) is 0 Å². The standard InChI is InChI=1S/C33H31ClN4O5S/c1-17-12-23-30(27(18-6-9-22(34)10-7-18)26(17)29(28(40)31(41)42)43-33(2,3)4)44-32(36-23)38-16-21(14-25(38)39)19-8-11-24-20(13-19)15-35-37(24)5/h6-13,15,21,29H,14,16H2,1-5H3,(H,41,42)/t21?,29-/m0/s1. The van der Waals surface area contributed by atoms with Crippen LogP contribution < -0.4 is 4.90 Å². The van der Waals surface area contributed by atoms with E-state index in [9.17, 15) is 19.5 Å². The highest BCUT2D eigenvalue weighted by Gasteiger charge is 2.37. The molecule has 0 saturated carbocycles. The molecule has 0 aliphatic carbocycles. The Bertz CT molecular complexity index is 1960. The molecule has 11 heteroatoms. The molecule has 3 aromatic carbocycles. The van der Waals surface area contributed by atoms with Crippen LogP contribution in [-0.4, -0.2) is 49.7 Å². The summed E-state index contributed by atoms with van der Waals surface area (Å²) in [4.78, 5) is 45.1. The van der Waals surface area contributed by atoms with Gasteiger partial charge < -0.3 is 9.84 Å². The summed E-state index contributed by atoms with van der Waals surface area (Å²) in [5.41, 5.74) is 4.38. The Kier molecular flexibility index (Phi) is 7.55. The zero-order chi connectivity index (χ0) is 31.5. The SMILES string of the molecule is Cc1cc2nc(N3CC(c4ccc5c(cnn5C)c4)CC3=O)sc2c(-c2ccc(Cl)cc2)c1[C@H](OC(C)(C)C)C(=O)C(=O)O. The van der Waals surface area contributed by atoms with Crippen LogP contribution in [-0.2, 0) is 26.2 Å². The molecule has 44 heavy (non-hydrogen) atoms. The van der Waals surface area contributed by atoms with E-state index in [1.807, 2.05) is 55.2 Å². The number of ether oxygens (including phenoxy) is 1. The lowest BCUT2D eigenvalue weighted by molar-refractivity contribution is -0.160. The monoisotopic (exact) mass is 630 g/mol. The van der Waals surface area contributed by atoms with Gasteiger partial charge in [0.25, 0.3) is 5.78 Å². The fraction of sp³-hybridized carbons (Fsp3) is 0.303. The first-order valence-corrected chi connectivity index (χ1v) is 15.4. The fourth-order valence-corrected chi connectivity index (χ4v) is 7.10. The Morgan fingerprint density at radius 3 is 2.55 bits per heavy atom. The van der Waals surface area contributed by atoms with Crippen molar-refractivity contribution in [3.63, 3.8) is 0 Å². The molecule has 9 nitrogen and oxygen atoms in total. The zero-order valence-corrected chi connectivity index (χ0v) is 26.5. The Labute approximate surface area is 263 Å². The molecule has 2 atom stereocenters. The van der Waals surface area contributed by atoms with E-state index in [1.165, 1.54) is 11.3 Å². The average Bonchev–Trinajstić information content (AvgIpc) is 3.67. The molecule has 1 aliphatic rings. The lowest BCUT2D eigenvalue weighted by atomic mass is 9.89. The van der Waals surface area contributed by atoms with Crippen molar-refractivity contribution in [2.45, 2.75) is 51.7 Å². The molecule has 2 aromatic heterocycles. The van der Waals surface area contributed by atoms with E-state index in [2.05, 4.69) is 11.2 Å². The third kappa shape index (κ3) is 5.49. The summed E-state index contributed by atoms with van der Waals surface area (Å²) in [7, 11) is 1.90. The molecule has 1 aliphatic heterocycles. The normalized spacial score (nSPS) is 16.3. The van der Waals surface area contributed by atoms with E-state index in [-0.39, 0.29) is 11.8 Å². The highest BCUT2D eigenvalue weighted by Crippen LogP contribution is 2.45. The first-order chi connectivity index (χ1) is 20.8. The number of fused-ring (bicyclic) bond motifs is 2. The van der Waals surface area contributed by atoms with Gasteiger partial charge >= 0.3 is 5.97 Å². The van der Waals surface area contributed by atoms with Crippen LogP contribution >= 0.6 is 22.9 Å². The van der Waals surface area contributed by atoms with Crippen LogP contribution in [0.25, 0.3) is 32.2 Å². The number of nitrogens with zero attached hydrogens (tertiary/aromatic N) is 4. The molecule has 3 heterocycles. The maximum Gasteiger partial charge on any atom is 0.375 e. The van der Waals surface area contributed by atoms with Crippen molar-refractivity contribution < 1.29 is 24.2 Å². The van der Waals surface area contributed by atoms with E-state index >= 15 is 0 Å². The second kappa shape index (κ2) is 11.1. The van der Waals surface area contributed by atoms with Gasteiger partial charge in [-0.1, -0.05) is 41.1 Å². The molecule has 0 spiro atoms. The third-order valence-electron chi connectivity index (χ3n) is 7.83. The van der Waals surface area contributed by atoms with Crippen molar-refractivity contribution in [2.24, 2.45) is 7.05 Å². The molecule has 1 unspecified atom stereocenters. The van der Waals surface area contributed by atoms with Gasteiger partial charge in [0.1, 0.15) is 0 Å². The largest absolute Gasteiger partial charge is 0.475 e. The number of thiazole rings is 1. The van der Waals surface area contributed by atoms with Gasteiger partial charge in [0.05, 0.1) is 27.5 Å². The van der Waals surface area contributed by atoms with Gasteiger partial charge in [-0.3, -0.25) is 19.2 Å². The van der Waals surface area contributed by atoms with Crippen LogP contribution in [0.4, 0.5) is 5.13 Å². The second-order valence-corrected chi connectivity index (χ2v) is 13.5. The van der Waals surface area contributed by atoms with Crippen molar-refractivity contribution >= 4 is 66.8 Å². The lowest BCUT2D eigenvalue weighted by Crippen LogP contribution is -2.32. The molecule has 1 saturated heterocycles. The van der Waals surface area contributed by atoms with Crippen LogP contribution in [0.15, 0.2) is 54.7 Å². The quantitative estimate of drug-likeness (QED) is 0.196. The molecular weight excluding hydrogens is 600 g/mol. The minimum Gasteiger partial charge on any atom is -0.475 e. The highest BCUT2D eigenvalue weighted by molar-refractivity contribution is 7.23. The van der Waals surface area contributed by atoms with Gasteiger partial charge in [-0.25, -0.2) is 9.78 Å². The second-order valence-electron chi connectivity index (χ2n) is 12.1. The predicted octanol–water partition coefficient (Wildman–Crippen LogP) is 6.84. The number of halogens is 1. The van der Waals surface area contributed by atoms with E-state index in [1.54, 1.807) is 37.8 Å². The van der Waals surface area contributed by atoms with Crippen molar-refractivity contribution in [1.29, 1.82) is 0 Å². The third-order valence-corrected chi connectivity index (χ3v) is 9.19. The molecule has 1 N–H and O–H groups in total. The number of anilines is 1. The van der Waals surface area contributed by atoms with E-state index in [4.69, 9.17) is 21.3 Å². The number of carbonyl (C=O) groups is 3. The Morgan fingerprint density at radius 2 is 1.86 bits per heavy atom. The van der Waals surface area contributed by atoms with E-state index in [0.717, 1.165) is 26.7 Å². The number of hydrogen-bond donors (Lipinski definition) is 1. The van der Waals surface area contributed by atoms with Crippen LogP contribution in [0.1, 0.15) is 55.9 Å². The Balaban J connectivity index is 1.47. The van der Waals surface area contributed by atoms with Crippen molar-refractivity contribution in [3.8, 4) is 11.1 Å². The number of carboxylic acids is 1.